The second kappa shape index (κ2) is 8.28. The molecule has 0 amide bonds. The van der Waals surface area contributed by atoms with Crippen molar-refractivity contribution in [1.29, 1.82) is 0 Å². The number of sulfonamides is 1. The van der Waals surface area contributed by atoms with Crippen LogP contribution < -0.4 is 9.47 Å². The van der Waals surface area contributed by atoms with E-state index in [4.69, 9.17) is 37.1 Å². The van der Waals surface area contributed by atoms with Crippen LogP contribution >= 0.6 is 23.2 Å². The van der Waals surface area contributed by atoms with E-state index < -0.39 is 10.0 Å². The molecule has 0 saturated heterocycles. The van der Waals surface area contributed by atoms with Crippen LogP contribution in [0.1, 0.15) is 11.3 Å². The Balaban J connectivity index is 1.71. The maximum atomic E-state index is 13.4. The number of fused-ring (bicyclic) bond motifs is 1. The summed E-state index contributed by atoms with van der Waals surface area (Å²) in [5.41, 5.74) is 0.628. The number of nitrogens with zero attached hydrogens (tertiary/aromatic N) is 1. The zero-order chi connectivity index (χ0) is 20.4. The lowest BCUT2D eigenvalue weighted by Crippen LogP contribution is -2.30. The van der Waals surface area contributed by atoms with Crippen LogP contribution in [-0.4, -0.2) is 25.9 Å². The van der Waals surface area contributed by atoms with E-state index in [0.717, 1.165) is 0 Å². The van der Waals surface area contributed by atoms with Crippen LogP contribution in [-0.2, 0) is 23.1 Å². The van der Waals surface area contributed by atoms with Gasteiger partial charge in [-0.1, -0.05) is 29.3 Å². The highest BCUT2D eigenvalue weighted by Crippen LogP contribution is 2.34. The van der Waals surface area contributed by atoms with Gasteiger partial charge in [-0.2, -0.15) is 4.31 Å². The van der Waals surface area contributed by atoms with Gasteiger partial charge in [0.1, 0.15) is 19.0 Å². The Bertz CT molecular complexity index is 1120. The molecule has 0 N–H and O–H groups in total. The second-order valence-electron chi connectivity index (χ2n) is 6.39. The van der Waals surface area contributed by atoms with Crippen molar-refractivity contribution in [3.63, 3.8) is 0 Å². The van der Waals surface area contributed by atoms with E-state index in [1.807, 2.05) is 0 Å². The Labute approximate surface area is 178 Å². The zero-order valence-electron chi connectivity index (χ0n) is 15.2. The molecule has 0 spiro atoms. The summed E-state index contributed by atoms with van der Waals surface area (Å²) in [6.07, 6.45) is 1.50. The predicted octanol–water partition coefficient (Wildman–Crippen LogP) is 4.75. The van der Waals surface area contributed by atoms with Gasteiger partial charge in [0.2, 0.25) is 10.0 Å². The summed E-state index contributed by atoms with van der Waals surface area (Å²) in [5, 5.41) is 0.866. The number of hydrogen-bond donors (Lipinski definition) is 0. The number of halogens is 2. The average Bonchev–Trinajstić information content (AvgIpc) is 3.22. The first-order valence-electron chi connectivity index (χ1n) is 8.79. The predicted molar refractivity (Wildman–Crippen MR) is 109 cm³/mol. The normalized spacial score (nSPS) is 13.6. The van der Waals surface area contributed by atoms with Crippen LogP contribution in [0.5, 0.6) is 11.5 Å². The molecule has 1 aliphatic rings. The maximum absolute atomic E-state index is 13.4. The molecule has 152 valence electrons. The molecule has 0 unspecified atom stereocenters. The first-order valence-corrected chi connectivity index (χ1v) is 11.0. The van der Waals surface area contributed by atoms with Crippen molar-refractivity contribution < 1.29 is 22.3 Å². The van der Waals surface area contributed by atoms with Crippen molar-refractivity contribution in [2.24, 2.45) is 0 Å². The van der Waals surface area contributed by atoms with Crippen molar-refractivity contribution in [3.05, 3.63) is 76.2 Å². The van der Waals surface area contributed by atoms with E-state index in [-0.39, 0.29) is 18.0 Å². The van der Waals surface area contributed by atoms with Crippen LogP contribution in [0.25, 0.3) is 0 Å². The molecule has 1 aliphatic heterocycles. The smallest absolute Gasteiger partial charge is 0.243 e. The standard InChI is InChI=1S/C20H17Cl2NO5S/c21-15-4-3-14(18(22)10-15)12-23(13-16-2-1-7-26-16)29(24,25)17-5-6-19-20(11-17)28-9-8-27-19/h1-7,10-11H,8-9,12-13H2. The molecule has 4 rings (SSSR count). The van der Waals surface area contributed by atoms with Crippen molar-refractivity contribution in [2.75, 3.05) is 13.2 Å². The zero-order valence-corrected chi connectivity index (χ0v) is 17.5. The molecule has 0 fully saturated rings. The van der Waals surface area contributed by atoms with Gasteiger partial charge < -0.3 is 13.9 Å². The van der Waals surface area contributed by atoms with Crippen LogP contribution in [0, 0.1) is 0 Å². The van der Waals surface area contributed by atoms with Gasteiger partial charge in [0, 0.05) is 22.7 Å². The summed E-state index contributed by atoms with van der Waals surface area (Å²) in [7, 11) is -3.89. The summed E-state index contributed by atoms with van der Waals surface area (Å²) in [6.45, 7) is 0.891. The lowest BCUT2D eigenvalue weighted by atomic mass is 10.2. The number of furan rings is 1. The second-order valence-corrected chi connectivity index (χ2v) is 9.18. The molecule has 1 aromatic heterocycles. The van der Waals surface area contributed by atoms with E-state index in [0.29, 0.717) is 46.1 Å². The first-order chi connectivity index (χ1) is 13.9. The topological polar surface area (TPSA) is 69.0 Å². The molecule has 29 heavy (non-hydrogen) atoms. The van der Waals surface area contributed by atoms with Crippen LogP contribution in [0.2, 0.25) is 10.0 Å². The van der Waals surface area contributed by atoms with Gasteiger partial charge in [0.25, 0.3) is 0 Å². The maximum Gasteiger partial charge on any atom is 0.243 e. The monoisotopic (exact) mass is 453 g/mol. The van der Waals surface area contributed by atoms with Crippen LogP contribution in [0.15, 0.2) is 64.1 Å². The molecule has 0 aliphatic carbocycles. The summed E-state index contributed by atoms with van der Waals surface area (Å²) in [4.78, 5) is 0.0957. The van der Waals surface area contributed by atoms with Gasteiger partial charge in [-0.25, -0.2) is 8.42 Å². The van der Waals surface area contributed by atoms with E-state index >= 15 is 0 Å². The molecule has 2 heterocycles. The Morgan fingerprint density at radius 2 is 1.72 bits per heavy atom. The third-order valence-corrected chi connectivity index (χ3v) is 6.80. The third kappa shape index (κ3) is 4.38. The van der Waals surface area contributed by atoms with Crippen LogP contribution in [0.3, 0.4) is 0 Å². The molecular formula is C20H17Cl2NO5S. The highest BCUT2D eigenvalue weighted by atomic mass is 35.5. The van der Waals surface area contributed by atoms with Gasteiger partial charge in [-0.15, -0.1) is 0 Å². The molecule has 0 atom stereocenters. The molecular weight excluding hydrogens is 437 g/mol. The van der Waals surface area contributed by atoms with Gasteiger partial charge in [-0.3, -0.25) is 0 Å². The fourth-order valence-corrected chi connectivity index (χ4v) is 4.84. The van der Waals surface area contributed by atoms with Crippen molar-refractivity contribution >= 4 is 33.2 Å². The van der Waals surface area contributed by atoms with Gasteiger partial charge in [0.05, 0.1) is 17.7 Å². The number of ether oxygens (including phenoxy) is 2. The molecule has 0 bridgehead atoms. The molecule has 6 nitrogen and oxygen atoms in total. The Morgan fingerprint density at radius 3 is 2.45 bits per heavy atom. The van der Waals surface area contributed by atoms with E-state index in [1.54, 1.807) is 36.4 Å². The summed E-state index contributed by atoms with van der Waals surface area (Å²) >= 11 is 12.2. The summed E-state index contributed by atoms with van der Waals surface area (Å²) in [5.74, 6) is 1.43. The lowest BCUT2D eigenvalue weighted by Gasteiger charge is -2.24. The highest BCUT2D eigenvalue weighted by Gasteiger charge is 2.28. The van der Waals surface area contributed by atoms with E-state index in [1.165, 1.54) is 22.7 Å². The SMILES string of the molecule is O=S(=O)(c1ccc2c(c1)OCCO2)N(Cc1ccco1)Cc1ccc(Cl)cc1Cl. The minimum absolute atomic E-state index is 0.0444. The number of benzene rings is 2. The quantitative estimate of drug-likeness (QED) is 0.538. The minimum Gasteiger partial charge on any atom is -0.486 e. The highest BCUT2D eigenvalue weighted by molar-refractivity contribution is 7.89. The van der Waals surface area contributed by atoms with Gasteiger partial charge >= 0.3 is 0 Å². The van der Waals surface area contributed by atoms with E-state index in [9.17, 15) is 8.42 Å². The van der Waals surface area contributed by atoms with Crippen molar-refractivity contribution in [2.45, 2.75) is 18.0 Å². The number of rotatable bonds is 6. The largest absolute Gasteiger partial charge is 0.486 e. The Morgan fingerprint density at radius 1 is 0.931 bits per heavy atom. The minimum atomic E-state index is -3.89. The van der Waals surface area contributed by atoms with Gasteiger partial charge in [-0.05, 0) is 42.0 Å². The van der Waals surface area contributed by atoms with E-state index in [2.05, 4.69) is 0 Å². The molecule has 2 aromatic carbocycles. The van der Waals surface area contributed by atoms with Crippen molar-refractivity contribution in [3.8, 4) is 11.5 Å². The summed E-state index contributed by atoms with van der Waals surface area (Å²) in [6, 6.07) is 13.0. The van der Waals surface area contributed by atoms with Gasteiger partial charge in [0.15, 0.2) is 11.5 Å². The molecule has 3 aromatic rings. The molecule has 0 radical (unpaired) electrons. The summed E-state index contributed by atoms with van der Waals surface area (Å²) < 4.78 is 44.6. The van der Waals surface area contributed by atoms with Crippen molar-refractivity contribution in [1.82, 2.24) is 4.31 Å². The number of hydrogen-bond acceptors (Lipinski definition) is 5. The third-order valence-electron chi connectivity index (χ3n) is 4.43. The van der Waals surface area contributed by atoms with Crippen LogP contribution in [0.4, 0.5) is 0 Å². The average molecular weight is 454 g/mol. The Hall–Kier alpha value is -2.19. The fraction of sp³-hybridized carbons (Fsp3) is 0.200. The first kappa shape index (κ1) is 20.1. The lowest BCUT2D eigenvalue weighted by molar-refractivity contribution is 0.171. The molecule has 0 saturated carbocycles. The molecule has 9 heteroatoms. The fourth-order valence-electron chi connectivity index (χ4n) is 2.98. The Kier molecular flexibility index (Phi) is 5.74.